The summed E-state index contributed by atoms with van der Waals surface area (Å²) >= 11 is 7.29. The third-order valence-electron chi connectivity index (χ3n) is 4.37. The van der Waals surface area contributed by atoms with Crippen molar-refractivity contribution in [3.8, 4) is 11.5 Å². The maximum Gasteiger partial charge on any atom is 0.262 e. The number of hydrogen-bond acceptors (Lipinski definition) is 6. The van der Waals surface area contributed by atoms with Crippen molar-refractivity contribution in [2.75, 3.05) is 20.0 Å². The van der Waals surface area contributed by atoms with E-state index in [-0.39, 0.29) is 17.1 Å². The number of methoxy groups -OCH3 is 2. The van der Waals surface area contributed by atoms with Gasteiger partial charge in [-0.05, 0) is 42.8 Å². The Morgan fingerprint density at radius 3 is 2.59 bits per heavy atom. The quantitative estimate of drug-likeness (QED) is 0.297. The number of hydrogen-bond donors (Lipinski definition) is 0. The SMILES string of the molecule is CCCn1c(SCC(=O)c2ccc(OC)c(OC)c2)nc2cc(Cl)ccc2c1=O. The molecule has 0 saturated heterocycles. The lowest BCUT2D eigenvalue weighted by Gasteiger charge is -2.12. The number of aromatic nitrogens is 2. The average molecular weight is 433 g/mol. The summed E-state index contributed by atoms with van der Waals surface area (Å²) < 4.78 is 12.1. The van der Waals surface area contributed by atoms with Gasteiger partial charge < -0.3 is 9.47 Å². The van der Waals surface area contributed by atoms with Crippen LogP contribution in [-0.2, 0) is 6.54 Å². The van der Waals surface area contributed by atoms with E-state index in [1.165, 1.54) is 18.9 Å². The number of Topliss-reactive ketones (excluding diaryl/α,β-unsaturated/α-hetero) is 1. The summed E-state index contributed by atoms with van der Waals surface area (Å²) in [6.45, 7) is 2.51. The zero-order valence-electron chi connectivity index (χ0n) is 16.4. The number of rotatable bonds is 8. The minimum Gasteiger partial charge on any atom is -0.493 e. The van der Waals surface area contributed by atoms with Crippen LogP contribution in [0.15, 0.2) is 46.3 Å². The fourth-order valence-corrected chi connectivity index (χ4v) is 4.01. The highest BCUT2D eigenvalue weighted by molar-refractivity contribution is 7.99. The lowest BCUT2D eigenvalue weighted by atomic mass is 10.1. The molecule has 3 rings (SSSR count). The molecule has 1 heterocycles. The highest BCUT2D eigenvalue weighted by Gasteiger charge is 2.15. The number of ether oxygens (including phenoxy) is 2. The van der Waals surface area contributed by atoms with Crippen molar-refractivity contribution in [3.05, 3.63) is 57.3 Å². The zero-order chi connectivity index (χ0) is 21.0. The van der Waals surface area contributed by atoms with Crippen molar-refractivity contribution in [1.29, 1.82) is 0 Å². The van der Waals surface area contributed by atoms with Gasteiger partial charge >= 0.3 is 0 Å². The Hall–Kier alpha value is -2.51. The molecule has 1 aromatic heterocycles. The molecule has 0 N–H and O–H groups in total. The van der Waals surface area contributed by atoms with E-state index in [1.807, 2.05) is 6.92 Å². The topological polar surface area (TPSA) is 70.4 Å². The van der Waals surface area contributed by atoms with E-state index >= 15 is 0 Å². The van der Waals surface area contributed by atoms with E-state index < -0.39 is 0 Å². The Balaban J connectivity index is 1.90. The molecule has 29 heavy (non-hydrogen) atoms. The van der Waals surface area contributed by atoms with Gasteiger partial charge in [-0.2, -0.15) is 0 Å². The van der Waals surface area contributed by atoms with Gasteiger partial charge in [0.1, 0.15) is 0 Å². The van der Waals surface area contributed by atoms with Crippen LogP contribution < -0.4 is 15.0 Å². The van der Waals surface area contributed by atoms with E-state index in [9.17, 15) is 9.59 Å². The number of nitrogens with zero attached hydrogens (tertiary/aromatic N) is 2. The largest absolute Gasteiger partial charge is 0.493 e. The molecule has 6 nitrogen and oxygen atoms in total. The van der Waals surface area contributed by atoms with Crippen molar-refractivity contribution in [1.82, 2.24) is 9.55 Å². The predicted molar refractivity (Wildman–Crippen MR) is 116 cm³/mol. The summed E-state index contributed by atoms with van der Waals surface area (Å²) in [7, 11) is 3.06. The number of fused-ring (bicyclic) bond motifs is 1. The monoisotopic (exact) mass is 432 g/mol. The van der Waals surface area contributed by atoms with Gasteiger partial charge in [-0.25, -0.2) is 4.98 Å². The first-order valence-electron chi connectivity index (χ1n) is 9.06. The van der Waals surface area contributed by atoms with Crippen LogP contribution in [0.25, 0.3) is 10.9 Å². The summed E-state index contributed by atoms with van der Waals surface area (Å²) in [4.78, 5) is 30.2. The van der Waals surface area contributed by atoms with Gasteiger partial charge in [0.25, 0.3) is 5.56 Å². The van der Waals surface area contributed by atoms with E-state index in [0.717, 1.165) is 6.42 Å². The highest BCUT2D eigenvalue weighted by Crippen LogP contribution is 2.28. The summed E-state index contributed by atoms with van der Waals surface area (Å²) in [6, 6.07) is 10.1. The number of thioether (sulfide) groups is 1. The first kappa shape index (κ1) is 21.2. The number of halogens is 1. The number of carbonyl (C=O) groups excluding carboxylic acids is 1. The van der Waals surface area contributed by atoms with Gasteiger partial charge in [0.2, 0.25) is 0 Å². The number of benzene rings is 2. The smallest absolute Gasteiger partial charge is 0.262 e. The molecular weight excluding hydrogens is 412 g/mol. The molecule has 0 radical (unpaired) electrons. The van der Waals surface area contributed by atoms with E-state index in [4.69, 9.17) is 21.1 Å². The van der Waals surface area contributed by atoms with E-state index in [0.29, 0.717) is 44.7 Å². The number of carbonyl (C=O) groups is 1. The zero-order valence-corrected chi connectivity index (χ0v) is 18.0. The van der Waals surface area contributed by atoms with Crippen molar-refractivity contribution >= 4 is 40.0 Å². The van der Waals surface area contributed by atoms with Crippen molar-refractivity contribution in [3.63, 3.8) is 0 Å². The second kappa shape index (κ2) is 9.33. The van der Waals surface area contributed by atoms with Crippen LogP contribution in [0.5, 0.6) is 11.5 Å². The third-order valence-corrected chi connectivity index (χ3v) is 5.58. The van der Waals surface area contributed by atoms with Crippen molar-refractivity contribution in [2.24, 2.45) is 0 Å². The number of ketones is 1. The molecule has 0 amide bonds. The minimum atomic E-state index is -0.130. The van der Waals surface area contributed by atoms with Crippen LogP contribution in [0.2, 0.25) is 5.02 Å². The predicted octanol–water partition coefficient (Wildman–Crippen LogP) is 4.45. The van der Waals surface area contributed by atoms with Crippen LogP contribution in [0.3, 0.4) is 0 Å². The van der Waals surface area contributed by atoms with Crippen molar-refractivity contribution in [2.45, 2.75) is 25.0 Å². The maximum atomic E-state index is 12.9. The minimum absolute atomic E-state index is 0.0977. The second-order valence-corrected chi connectivity index (χ2v) is 7.67. The Morgan fingerprint density at radius 1 is 1.14 bits per heavy atom. The lowest BCUT2D eigenvalue weighted by molar-refractivity contribution is 0.102. The van der Waals surface area contributed by atoms with Gasteiger partial charge in [-0.1, -0.05) is 30.3 Å². The first-order valence-corrected chi connectivity index (χ1v) is 10.4. The molecule has 0 unspecified atom stereocenters. The van der Waals surface area contributed by atoms with E-state index in [1.54, 1.807) is 48.1 Å². The Labute approximate surface area is 177 Å². The molecule has 152 valence electrons. The molecule has 0 aliphatic heterocycles. The van der Waals surface area contributed by atoms with Gasteiger partial charge in [0, 0.05) is 17.1 Å². The molecule has 0 spiro atoms. The Bertz CT molecular complexity index is 1110. The molecule has 0 saturated carbocycles. The molecule has 2 aromatic carbocycles. The third kappa shape index (κ3) is 4.57. The summed E-state index contributed by atoms with van der Waals surface area (Å²) in [5, 5.41) is 1.52. The molecule has 0 aliphatic rings. The maximum absolute atomic E-state index is 12.9. The van der Waals surface area contributed by atoms with E-state index in [2.05, 4.69) is 4.98 Å². The fourth-order valence-electron chi connectivity index (χ4n) is 2.93. The first-order chi connectivity index (χ1) is 14.0. The van der Waals surface area contributed by atoms with Gasteiger partial charge in [0.05, 0.1) is 30.9 Å². The fraction of sp³-hybridized carbons (Fsp3) is 0.286. The molecule has 0 aliphatic carbocycles. The van der Waals surface area contributed by atoms with Crippen LogP contribution in [0.4, 0.5) is 0 Å². The molecule has 3 aromatic rings. The van der Waals surface area contributed by atoms with Crippen LogP contribution in [0, 0.1) is 0 Å². The van der Waals surface area contributed by atoms with Crippen LogP contribution in [0.1, 0.15) is 23.7 Å². The Morgan fingerprint density at radius 2 is 1.90 bits per heavy atom. The van der Waals surface area contributed by atoms with Gasteiger partial charge in [-0.3, -0.25) is 14.2 Å². The Kier molecular flexibility index (Phi) is 6.82. The van der Waals surface area contributed by atoms with Gasteiger partial charge in [0.15, 0.2) is 22.4 Å². The molecule has 0 atom stereocenters. The summed E-state index contributed by atoms with van der Waals surface area (Å²) in [5.74, 6) is 1.09. The van der Waals surface area contributed by atoms with Gasteiger partial charge in [-0.15, -0.1) is 0 Å². The molecule has 8 heteroatoms. The standard InChI is InChI=1S/C21H21ClN2O4S/c1-4-9-24-20(26)15-7-6-14(22)11-16(15)23-21(24)29-12-17(25)13-5-8-18(27-2)19(10-13)28-3/h5-8,10-11H,4,9,12H2,1-3H3. The van der Waals surface area contributed by atoms with Crippen LogP contribution in [-0.4, -0.2) is 35.3 Å². The van der Waals surface area contributed by atoms with Crippen molar-refractivity contribution < 1.29 is 14.3 Å². The molecule has 0 bridgehead atoms. The summed E-state index contributed by atoms with van der Waals surface area (Å²) in [6.07, 6.45) is 0.776. The average Bonchev–Trinajstić information content (AvgIpc) is 2.73. The molecule has 0 fully saturated rings. The highest BCUT2D eigenvalue weighted by atomic mass is 35.5. The lowest BCUT2D eigenvalue weighted by Crippen LogP contribution is -2.23. The second-order valence-electron chi connectivity index (χ2n) is 6.29. The van der Waals surface area contributed by atoms with Crippen LogP contribution >= 0.6 is 23.4 Å². The normalized spacial score (nSPS) is 10.9. The summed E-state index contributed by atoms with van der Waals surface area (Å²) in [5.41, 5.74) is 0.897. The molecular formula is C21H21ClN2O4S.